The summed E-state index contributed by atoms with van der Waals surface area (Å²) < 4.78 is 22.7. The molecule has 3 rings (SSSR count). The van der Waals surface area contributed by atoms with Gasteiger partial charge in [0, 0.05) is 19.5 Å². The first-order valence-electron chi connectivity index (χ1n) is 9.21. The molecule has 0 aliphatic heterocycles. The number of hydrogen-bond acceptors (Lipinski definition) is 6. The molecule has 8 nitrogen and oxygen atoms in total. The van der Waals surface area contributed by atoms with Crippen LogP contribution in [0.25, 0.3) is 11.1 Å². The Labute approximate surface area is 168 Å². The van der Waals surface area contributed by atoms with Crippen molar-refractivity contribution in [2.24, 2.45) is 0 Å². The molecule has 0 spiro atoms. The minimum Gasteiger partial charge on any atom is -0.493 e. The predicted octanol–water partition coefficient (Wildman–Crippen LogP) is 2.72. The molecule has 0 aliphatic rings. The van der Waals surface area contributed by atoms with E-state index in [0.717, 1.165) is 11.1 Å². The highest BCUT2D eigenvalue weighted by Crippen LogP contribution is 2.38. The third-order valence-electron chi connectivity index (χ3n) is 4.57. The quantitative estimate of drug-likeness (QED) is 0.594. The Bertz CT molecular complexity index is 1030. The molecule has 0 fully saturated rings. The van der Waals surface area contributed by atoms with Gasteiger partial charge in [-0.3, -0.25) is 9.36 Å². The molecule has 1 amide bonds. The Morgan fingerprint density at radius 3 is 2.41 bits per heavy atom. The number of oxazole rings is 1. The zero-order valence-corrected chi connectivity index (χ0v) is 16.7. The van der Waals surface area contributed by atoms with Gasteiger partial charge in [0.2, 0.25) is 11.7 Å². The van der Waals surface area contributed by atoms with Crippen LogP contribution in [0.2, 0.25) is 0 Å². The van der Waals surface area contributed by atoms with Crippen molar-refractivity contribution in [3.05, 3.63) is 52.5 Å². The van der Waals surface area contributed by atoms with Crippen LogP contribution in [0.3, 0.4) is 0 Å². The van der Waals surface area contributed by atoms with Crippen molar-refractivity contribution in [1.82, 2.24) is 9.88 Å². The van der Waals surface area contributed by atoms with E-state index in [1.807, 2.05) is 18.2 Å². The highest BCUT2D eigenvalue weighted by Gasteiger charge is 2.14. The van der Waals surface area contributed by atoms with E-state index in [1.54, 1.807) is 37.0 Å². The van der Waals surface area contributed by atoms with Gasteiger partial charge in [-0.1, -0.05) is 12.1 Å². The van der Waals surface area contributed by atoms with Crippen LogP contribution in [-0.4, -0.2) is 31.8 Å². The summed E-state index contributed by atoms with van der Waals surface area (Å²) in [5.74, 6) is 1.04. The van der Waals surface area contributed by atoms with Gasteiger partial charge in [0.15, 0.2) is 17.1 Å². The lowest BCUT2D eigenvalue weighted by atomic mass is 10.1. The molecular weight excluding hydrogens is 376 g/mol. The molecule has 0 radical (unpaired) electrons. The number of amides is 1. The number of carbonyl (C=O) groups excluding carboxylic acids is 1. The largest absolute Gasteiger partial charge is 0.493 e. The number of methoxy groups -OCH3 is 3. The molecule has 0 aliphatic carbocycles. The van der Waals surface area contributed by atoms with Gasteiger partial charge in [0.05, 0.1) is 26.8 Å². The van der Waals surface area contributed by atoms with Crippen molar-refractivity contribution < 1.29 is 23.4 Å². The Kier molecular flexibility index (Phi) is 6.43. The number of ether oxygens (including phenoxy) is 3. The SMILES string of the molecule is COc1cc(CNC(=O)CCCn2c(=O)oc3ccccc32)cc(OC)c1OC. The van der Waals surface area contributed by atoms with E-state index in [-0.39, 0.29) is 12.3 Å². The first-order chi connectivity index (χ1) is 14.1. The third-order valence-corrected chi connectivity index (χ3v) is 4.57. The van der Waals surface area contributed by atoms with Crippen molar-refractivity contribution in [3.8, 4) is 17.2 Å². The molecular formula is C21H24N2O6. The topological polar surface area (TPSA) is 91.9 Å². The zero-order valence-electron chi connectivity index (χ0n) is 16.7. The van der Waals surface area contributed by atoms with Crippen LogP contribution in [0.5, 0.6) is 17.2 Å². The second-order valence-corrected chi connectivity index (χ2v) is 6.40. The van der Waals surface area contributed by atoms with Gasteiger partial charge in [-0.2, -0.15) is 0 Å². The lowest BCUT2D eigenvalue weighted by Gasteiger charge is -2.14. The fourth-order valence-electron chi connectivity index (χ4n) is 3.15. The number of nitrogens with one attached hydrogen (secondary N) is 1. The van der Waals surface area contributed by atoms with Gasteiger partial charge in [-0.15, -0.1) is 0 Å². The number of aryl methyl sites for hydroxylation is 1. The summed E-state index contributed by atoms with van der Waals surface area (Å²) in [6.07, 6.45) is 0.806. The monoisotopic (exact) mass is 400 g/mol. The van der Waals surface area contributed by atoms with Crippen LogP contribution in [0, 0.1) is 0 Å². The van der Waals surface area contributed by atoms with E-state index in [9.17, 15) is 9.59 Å². The molecule has 0 unspecified atom stereocenters. The fourth-order valence-corrected chi connectivity index (χ4v) is 3.15. The predicted molar refractivity (Wildman–Crippen MR) is 108 cm³/mol. The minimum absolute atomic E-state index is 0.111. The van der Waals surface area contributed by atoms with E-state index in [2.05, 4.69) is 5.32 Å². The normalized spacial score (nSPS) is 10.7. The highest BCUT2D eigenvalue weighted by atomic mass is 16.5. The standard InChI is InChI=1S/C21H24N2O6/c1-26-17-11-14(12-18(27-2)20(17)28-3)13-22-19(24)9-6-10-23-15-7-4-5-8-16(15)29-21(23)25/h4-5,7-8,11-12H,6,9-10,13H2,1-3H3,(H,22,24). The second kappa shape index (κ2) is 9.18. The number of benzene rings is 2. The summed E-state index contributed by atoms with van der Waals surface area (Å²) in [6.45, 7) is 0.734. The molecule has 1 N–H and O–H groups in total. The molecule has 2 aromatic carbocycles. The molecule has 1 aromatic heterocycles. The maximum absolute atomic E-state index is 12.2. The van der Waals surface area contributed by atoms with Crippen molar-refractivity contribution in [1.29, 1.82) is 0 Å². The summed E-state index contributed by atoms with van der Waals surface area (Å²) in [5, 5.41) is 2.87. The maximum atomic E-state index is 12.2. The van der Waals surface area contributed by atoms with E-state index in [1.165, 1.54) is 7.11 Å². The molecule has 8 heteroatoms. The van der Waals surface area contributed by atoms with Gasteiger partial charge < -0.3 is 23.9 Å². The maximum Gasteiger partial charge on any atom is 0.419 e. The summed E-state index contributed by atoms with van der Waals surface area (Å²) >= 11 is 0. The molecule has 0 bridgehead atoms. The summed E-state index contributed by atoms with van der Waals surface area (Å²) in [7, 11) is 4.62. The van der Waals surface area contributed by atoms with Crippen LogP contribution >= 0.6 is 0 Å². The first-order valence-corrected chi connectivity index (χ1v) is 9.21. The number of rotatable bonds is 9. The summed E-state index contributed by atoms with van der Waals surface area (Å²) in [5.41, 5.74) is 2.10. The molecule has 0 saturated carbocycles. The van der Waals surface area contributed by atoms with Crippen molar-refractivity contribution >= 4 is 17.0 Å². The Morgan fingerprint density at radius 1 is 1.07 bits per heavy atom. The van der Waals surface area contributed by atoms with Crippen LogP contribution in [0.15, 0.2) is 45.6 Å². The molecule has 3 aromatic rings. The van der Waals surface area contributed by atoms with E-state index in [4.69, 9.17) is 18.6 Å². The van der Waals surface area contributed by atoms with Gasteiger partial charge in [0.25, 0.3) is 0 Å². The average molecular weight is 400 g/mol. The first kappa shape index (κ1) is 20.3. The minimum atomic E-state index is -0.413. The summed E-state index contributed by atoms with van der Waals surface area (Å²) in [6, 6.07) is 10.8. The third kappa shape index (κ3) is 4.53. The molecule has 154 valence electrons. The van der Waals surface area contributed by atoms with Crippen LogP contribution in [0.1, 0.15) is 18.4 Å². The smallest absolute Gasteiger partial charge is 0.419 e. The van der Waals surface area contributed by atoms with Crippen LogP contribution in [-0.2, 0) is 17.9 Å². The van der Waals surface area contributed by atoms with E-state index in [0.29, 0.717) is 42.3 Å². The number of aromatic nitrogens is 1. The van der Waals surface area contributed by atoms with Crippen molar-refractivity contribution in [2.45, 2.75) is 25.9 Å². The van der Waals surface area contributed by atoms with Crippen molar-refractivity contribution in [3.63, 3.8) is 0 Å². The molecule has 1 heterocycles. The second-order valence-electron chi connectivity index (χ2n) is 6.40. The molecule has 0 atom stereocenters. The molecule has 0 saturated heterocycles. The Hall–Kier alpha value is -3.42. The fraction of sp³-hybridized carbons (Fsp3) is 0.333. The van der Waals surface area contributed by atoms with E-state index >= 15 is 0 Å². The van der Waals surface area contributed by atoms with Gasteiger partial charge in [-0.05, 0) is 36.2 Å². The number of hydrogen-bond donors (Lipinski definition) is 1. The number of para-hydroxylation sites is 2. The average Bonchev–Trinajstić information content (AvgIpc) is 3.06. The summed E-state index contributed by atoms with van der Waals surface area (Å²) in [4.78, 5) is 24.2. The van der Waals surface area contributed by atoms with Crippen LogP contribution < -0.4 is 25.3 Å². The number of nitrogens with zero attached hydrogens (tertiary/aromatic N) is 1. The van der Waals surface area contributed by atoms with Crippen molar-refractivity contribution in [2.75, 3.05) is 21.3 Å². The zero-order chi connectivity index (χ0) is 20.8. The number of carbonyl (C=O) groups is 1. The Morgan fingerprint density at radius 2 is 1.76 bits per heavy atom. The van der Waals surface area contributed by atoms with Gasteiger partial charge in [-0.25, -0.2) is 4.79 Å². The van der Waals surface area contributed by atoms with Gasteiger partial charge in [0.1, 0.15) is 0 Å². The molecule has 29 heavy (non-hydrogen) atoms. The Balaban J connectivity index is 1.56. The van der Waals surface area contributed by atoms with Crippen LogP contribution in [0.4, 0.5) is 0 Å². The van der Waals surface area contributed by atoms with Gasteiger partial charge >= 0.3 is 5.76 Å². The lowest BCUT2D eigenvalue weighted by Crippen LogP contribution is -2.23. The highest BCUT2D eigenvalue weighted by molar-refractivity contribution is 5.76. The number of fused-ring (bicyclic) bond motifs is 1. The lowest BCUT2D eigenvalue weighted by molar-refractivity contribution is -0.121. The van der Waals surface area contributed by atoms with E-state index < -0.39 is 5.76 Å².